The molecule has 0 aliphatic heterocycles. The molecule has 160 valence electrons. The average molecular weight is 426 g/mol. The highest BCUT2D eigenvalue weighted by molar-refractivity contribution is 6.04. The minimum atomic E-state index is -0.441. The first-order valence-corrected chi connectivity index (χ1v) is 10.7. The number of carbonyl (C=O) groups excluding carboxylic acids is 1. The van der Waals surface area contributed by atoms with Gasteiger partial charge in [0.1, 0.15) is 11.5 Å². The van der Waals surface area contributed by atoms with Gasteiger partial charge in [0, 0.05) is 41.8 Å². The van der Waals surface area contributed by atoms with Gasteiger partial charge in [0.25, 0.3) is 5.91 Å². The highest BCUT2D eigenvalue weighted by Gasteiger charge is 2.25. The molecule has 0 saturated heterocycles. The lowest BCUT2D eigenvalue weighted by molar-refractivity contribution is 0.101. The summed E-state index contributed by atoms with van der Waals surface area (Å²) in [6, 6.07) is 16.4. The van der Waals surface area contributed by atoms with Gasteiger partial charge in [0.15, 0.2) is 5.82 Å². The Balaban J connectivity index is 1.43. The summed E-state index contributed by atoms with van der Waals surface area (Å²) in [5, 5.41) is 2.72. The van der Waals surface area contributed by atoms with Gasteiger partial charge in [-0.2, -0.15) is 0 Å². The molecule has 6 heteroatoms. The Labute approximate surface area is 186 Å². The van der Waals surface area contributed by atoms with Gasteiger partial charge >= 0.3 is 0 Å². The number of nitrogens with one attached hydrogen (secondary N) is 1. The van der Waals surface area contributed by atoms with Crippen molar-refractivity contribution in [1.82, 2.24) is 14.5 Å². The van der Waals surface area contributed by atoms with E-state index in [-0.39, 0.29) is 11.6 Å². The van der Waals surface area contributed by atoms with E-state index in [0.717, 1.165) is 41.6 Å². The molecule has 1 fully saturated rings. The van der Waals surface area contributed by atoms with Gasteiger partial charge in [-0.3, -0.25) is 4.79 Å². The number of nitrogens with zero attached hydrogens (tertiary/aromatic N) is 3. The van der Waals surface area contributed by atoms with Crippen LogP contribution in [-0.2, 0) is 6.54 Å². The van der Waals surface area contributed by atoms with Crippen LogP contribution in [0, 0.1) is 18.7 Å². The lowest BCUT2D eigenvalue weighted by Crippen LogP contribution is -2.18. The lowest BCUT2D eigenvalue weighted by atomic mass is 10.1. The van der Waals surface area contributed by atoms with Crippen molar-refractivity contribution in [3.63, 3.8) is 0 Å². The quantitative estimate of drug-likeness (QED) is 0.429. The average Bonchev–Trinajstić information content (AvgIpc) is 3.52. The van der Waals surface area contributed by atoms with Crippen LogP contribution in [0.2, 0.25) is 0 Å². The van der Waals surface area contributed by atoms with Crippen molar-refractivity contribution in [3.05, 3.63) is 90.3 Å². The normalized spacial score (nSPS) is 13.2. The van der Waals surface area contributed by atoms with Gasteiger partial charge in [-0.05, 0) is 49.4 Å². The van der Waals surface area contributed by atoms with E-state index in [1.807, 2.05) is 54.1 Å². The summed E-state index contributed by atoms with van der Waals surface area (Å²) in [6.07, 6.45) is 7.83. The number of halogens is 1. The van der Waals surface area contributed by atoms with Crippen LogP contribution in [0.5, 0.6) is 0 Å². The molecule has 1 amide bonds. The molecule has 2 aromatic carbocycles. The topological polar surface area (TPSA) is 59.8 Å². The third-order valence-electron chi connectivity index (χ3n) is 5.67. The van der Waals surface area contributed by atoms with Crippen LogP contribution in [0.1, 0.15) is 28.9 Å². The third-order valence-corrected chi connectivity index (χ3v) is 5.67. The smallest absolute Gasteiger partial charge is 0.272 e. The largest absolute Gasteiger partial charge is 0.343 e. The van der Waals surface area contributed by atoms with Gasteiger partial charge in [0.05, 0.1) is 5.69 Å². The molecule has 0 unspecified atom stereocenters. The highest BCUT2D eigenvalue weighted by Crippen LogP contribution is 2.33. The fraction of sp³-hybridized carbons (Fsp3) is 0.192. The Hall–Kier alpha value is -3.80. The molecule has 32 heavy (non-hydrogen) atoms. The van der Waals surface area contributed by atoms with Crippen molar-refractivity contribution in [2.45, 2.75) is 26.3 Å². The van der Waals surface area contributed by atoms with Crippen molar-refractivity contribution in [1.29, 1.82) is 0 Å². The molecule has 0 spiro atoms. The third kappa shape index (κ3) is 4.30. The zero-order chi connectivity index (χ0) is 22.1. The Kier molecular flexibility index (Phi) is 5.27. The van der Waals surface area contributed by atoms with Crippen molar-refractivity contribution in [2.75, 3.05) is 5.32 Å². The number of rotatable bonds is 6. The van der Waals surface area contributed by atoms with E-state index in [2.05, 4.69) is 15.3 Å². The highest BCUT2D eigenvalue weighted by atomic mass is 19.1. The first-order chi connectivity index (χ1) is 15.6. The Morgan fingerprint density at radius 2 is 1.78 bits per heavy atom. The van der Waals surface area contributed by atoms with Crippen LogP contribution >= 0.6 is 0 Å². The van der Waals surface area contributed by atoms with E-state index in [9.17, 15) is 9.18 Å². The van der Waals surface area contributed by atoms with Crippen molar-refractivity contribution >= 4 is 11.6 Å². The van der Waals surface area contributed by atoms with Crippen LogP contribution in [0.25, 0.3) is 22.5 Å². The summed E-state index contributed by atoms with van der Waals surface area (Å²) in [7, 11) is 0. The number of aryl methyl sites for hydroxylation is 1. The molecule has 0 atom stereocenters. The van der Waals surface area contributed by atoms with E-state index in [4.69, 9.17) is 0 Å². The summed E-state index contributed by atoms with van der Waals surface area (Å²) < 4.78 is 16.2. The Bertz CT molecular complexity index is 1260. The predicted molar refractivity (Wildman–Crippen MR) is 123 cm³/mol. The number of carbonyl (C=O) groups is 1. The van der Waals surface area contributed by atoms with Crippen LogP contribution < -0.4 is 5.32 Å². The van der Waals surface area contributed by atoms with Gasteiger partial charge in [-0.1, -0.05) is 36.4 Å². The molecular weight excluding hydrogens is 403 g/mol. The molecule has 0 bridgehead atoms. The van der Waals surface area contributed by atoms with E-state index in [1.165, 1.54) is 6.07 Å². The second-order valence-corrected chi connectivity index (χ2v) is 8.31. The van der Waals surface area contributed by atoms with Crippen LogP contribution in [0.3, 0.4) is 0 Å². The van der Waals surface area contributed by atoms with E-state index < -0.39 is 5.82 Å². The van der Waals surface area contributed by atoms with Crippen LogP contribution in [-0.4, -0.2) is 20.4 Å². The van der Waals surface area contributed by atoms with E-state index in [0.29, 0.717) is 17.4 Å². The fourth-order valence-electron chi connectivity index (χ4n) is 3.71. The maximum absolute atomic E-state index is 14.3. The number of hydrogen-bond acceptors (Lipinski definition) is 3. The predicted octanol–water partition coefficient (Wildman–Crippen LogP) is 5.72. The van der Waals surface area contributed by atoms with E-state index in [1.54, 1.807) is 24.5 Å². The Morgan fingerprint density at radius 3 is 2.47 bits per heavy atom. The minimum absolute atomic E-state index is 0.178. The summed E-state index contributed by atoms with van der Waals surface area (Å²) in [4.78, 5) is 22.0. The first-order valence-electron chi connectivity index (χ1n) is 10.7. The van der Waals surface area contributed by atoms with Crippen LogP contribution in [0.15, 0.2) is 73.2 Å². The second-order valence-electron chi connectivity index (χ2n) is 8.31. The molecule has 0 radical (unpaired) electrons. The van der Waals surface area contributed by atoms with Crippen molar-refractivity contribution < 1.29 is 9.18 Å². The van der Waals surface area contributed by atoms with Gasteiger partial charge < -0.3 is 9.88 Å². The number of amides is 1. The molecule has 2 aromatic heterocycles. The first kappa shape index (κ1) is 20.1. The summed E-state index contributed by atoms with van der Waals surface area (Å²) >= 11 is 0. The lowest BCUT2D eigenvalue weighted by Gasteiger charge is -2.10. The van der Waals surface area contributed by atoms with Gasteiger partial charge in [-0.25, -0.2) is 14.4 Å². The molecular formula is C26H23FN4O. The van der Waals surface area contributed by atoms with E-state index >= 15 is 0 Å². The number of anilines is 1. The summed E-state index contributed by atoms with van der Waals surface area (Å²) in [6.45, 7) is 2.58. The molecule has 1 N–H and O–H groups in total. The maximum atomic E-state index is 14.3. The summed E-state index contributed by atoms with van der Waals surface area (Å²) in [5.74, 6) is 0.458. The zero-order valence-electron chi connectivity index (χ0n) is 17.8. The SMILES string of the molecule is Cc1ccc(NC(=O)c2cc(-c3cnc(-c4ccccc4)nc3)cn2CC2CC2)c(F)c1. The minimum Gasteiger partial charge on any atom is -0.343 e. The van der Waals surface area contributed by atoms with Gasteiger partial charge in [0.2, 0.25) is 0 Å². The fourth-order valence-corrected chi connectivity index (χ4v) is 3.71. The molecule has 1 aliphatic carbocycles. The second kappa shape index (κ2) is 8.38. The monoisotopic (exact) mass is 426 g/mol. The van der Waals surface area contributed by atoms with Gasteiger partial charge in [-0.15, -0.1) is 0 Å². The molecule has 5 rings (SSSR count). The molecule has 2 heterocycles. The summed E-state index contributed by atoms with van der Waals surface area (Å²) in [5.41, 5.74) is 4.12. The van der Waals surface area contributed by atoms with Crippen molar-refractivity contribution in [3.8, 4) is 22.5 Å². The van der Waals surface area contributed by atoms with Crippen LogP contribution in [0.4, 0.5) is 10.1 Å². The molecule has 4 aromatic rings. The standard InChI is InChI=1S/C26H23FN4O/c1-17-7-10-23(22(27)11-17)30-26(32)24-12-20(16-31(24)15-18-8-9-18)21-13-28-25(29-14-21)19-5-3-2-4-6-19/h2-7,10-14,16,18H,8-9,15H2,1H3,(H,30,32). The molecule has 1 saturated carbocycles. The maximum Gasteiger partial charge on any atom is 0.272 e. The number of aromatic nitrogens is 3. The molecule has 5 nitrogen and oxygen atoms in total. The Morgan fingerprint density at radius 1 is 1.03 bits per heavy atom. The molecule has 1 aliphatic rings. The number of hydrogen-bond donors (Lipinski definition) is 1. The number of benzene rings is 2. The van der Waals surface area contributed by atoms with Crippen molar-refractivity contribution in [2.24, 2.45) is 5.92 Å². The zero-order valence-corrected chi connectivity index (χ0v) is 17.8.